The van der Waals surface area contributed by atoms with Crippen molar-refractivity contribution in [2.24, 2.45) is 0 Å². The zero-order valence-corrected chi connectivity index (χ0v) is 21.2. The Labute approximate surface area is 207 Å². The summed E-state index contributed by atoms with van der Waals surface area (Å²) in [6.45, 7) is 12.0. The van der Waals surface area contributed by atoms with E-state index in [1.54, 1.807) is 12.1 Å². The number of nitrogens with zero attached hydrogens (tertiary/aromatic N) is 4. The molecule has 7 heteroatoms. The van der Waals surface area contributed by atoms with Gasteiger partial charge in [-0.2, -0.15) is 0 Å². The van der Waals surface area contributed by atoms with Crippen LogP contribution in [0.25, 0.3) is 11.3 Å². The van der Waals surface area contributed by atoms with E-state index < -0.39 is 0 Å². The minimum atomic E-state index is -0.278. The molecule has 0 radical (unpaired) electrons. The van der Waals surface area contributed by atoms with Crippen LogP contribution < -0.4 is 5.32 Å². The first-order chi connectivity index (χ1) is 16.9. The van der Waals surface area contributed by atoms with Crippen LogP contribution in [0.4, 0.5) is 15.9 Å². The molecule has 1 amide bonds. The lowest BCUT2D eigenvalue weighted by Crippen LogP contribution is -2.49. The zero-order valence-electron chi connectivity index (χ0n) is 21.2. The second-order valence-corrected chi connectivity index (χ2v) is 9.35. The first kappa shape index (κ1) is 24.9. The predicted octanol–water partition coefficient (Wildman–Crippen LogP) is 5.59. The Morgan fingerprint density at radius 1 is 1.06 bits per heavy atom. The molecule has 6 nitrogen and oxygen atoms in total. The number of fused-ring (bicyclic) bond motifs is 1. The molecule has 0 saturated heterocycles. The number of halogens is 1. The average Bonchev–Trinajstić information content (AvgIpc) is 3.22. The molecule has 2 aromatic carbocycles. The van der Waals surface area contributed by atoms with Crippen LogP contribution in [-0.4, -0.2) is 50.9 Å². The van der Waals surface area contributed by atoms with Gasteiger partial charge in [-0.05, 0) is 76.2 Å². The summed E-state index contributed by atoms with van der Waals surface area (Å²) in [5.74, 6) is 1.58. The number of hydrogen-bond donors (Lipinski definition) is 1. The van der Waals surface area contributed by atoms with Crippen molar-refractivity contribution in [1.29, 1.82) is 0 Å². The van der Waals surface area contributed by atoms with Gasteiger partial charge in [-0.3, -0.25) is 9.69 Å². The van der Waals surface area contributed by atoms with E-state index >= 15 is 0 Å². The molecule has 2 heterocycles. The molecule has 0 bridgehead atoms. The number of imidazole rings is 1. The van der Waals surface area contributed by atoms with E-state index in [2.05, 4.69) is 47.7 Å². The molecule has 0 spiro atoms. The molecule has 1 atom stereocenters. The maximum absolute atomic E-state index is 13.6. The first-order valence-corrected chi connectivity index (χ1v) is 12.6. The van der Waals surface area contributed by atoms with Crippen LogP contribution in [0.1, 0.15) is 45.0 Å². The summed E-state index contributed by atoms with van der Waals surface area (Å²) < 4.78 is 15.8. The minimum absolute atomic E-state index is 0.150. The van der Waals surface area contributed by atoms with Gasteiger partial charge in [0.25, 0.3) is 0 Å². The smallest absolute Gasteiger partial charge is 0.240 e. The number of anilines is 2. The predicted molar refractivity (Wildman–Crippen MR) is 139 cm³/mol. The van der Waals surface area contributed by atoms with Crippen LogP contribution in [-0.2, 0) is 17.9 Å². The number of rotatable bonds is 9. The SMILES string of the molecule is CCCN(CCC)[C@@H](C)C(=O)N1CCn2c(nc(-c3ccc(F)cc3)c2Nc2ccc(C)cc2)C1. The number of aromatic nitrogens is 2. The van der Waals surface area contributed by atoms with Crippen molar-refractivity contribution in [3.05, 3.63) is 65.7 Å². The van der Waals surface area contributed by atoms with E-state index in [0.717, 1.165) is 54.5 Å². The molecule has 0 fully saturated rings. The highest BCUT2D eigenvalue weighted by molar-refractivity contribution is 5.82. The molecule has 0 unspecified atom stereocenters. The van der Waals surface area contributed by atoms with Crippen molar-refractivity contribution in [2.75, 3.05) is 25.0 Å². The van der Waals surface area contributed by atoms with E-state index in [0.29, 0.717) is 19.6 Å². The number of carbonyl (C=O) groups excluding carboxylic acids is 1. The third-order valence-electron chi connectivity index (χ3n) is 6.64. The molecule has 1 aliphatic heterocycles. The van der Waals surface area contributed by atoms with E-state index in [4.69, 9.17) is 4.98 Å². The van der Waals surface area contributed by atoms with Gasteiger partial charge < -0.3 is 14.8 Å². The lowest BCUT2D eigenvalue weighted by molar-refractivity contribution is -0.138. The lowest BCUT2D eigenvalue weighted by atomic mass is 10.1. The first-order valence-electron chi connectivity index (χ1n) is 12.6. The van der Waals surface area contributed by atoms with Crippen molar-refractivity contribution >= 4 is 17.4 Å². The normalized spacial score (nSPS) is 14.2. The van der Waals surface area contributed by atoms with E-state index in [1.165, 1.54) is 17.7 Å². The van der Waals surface area contributed by atoms with Crippen molar-refractivity contribution in [1.82, 2.24) is 19.4 Å². The van der Waals surface area contributed by atoms with Crippen molar-refractivity contribution in [2.45, 2.75) is 59.7 Å². The number of hydrogen-bond acceptors (Lipinski definition) is 4. The quantitative estimate of drug-likeness (QED) is 0.436. The van der Waals surface area contributed by atoms with Gasteiger partial charge >= 0.3 is 0 Å². The third-order valence-corrected chi connectivity index (χ3v) is 6.64. The molecule has 35 heavy (non-hydrogen) atoms. The fourth-order valence-corrected chi connectivity index (χ4v) is 4.72. The van der Waals surface area contributed by atoms with Crippen LogP contribution >= 0.6 is 0 Å². The second-order valence-electron chi connectivity index (χ2n) is 9.35. The molecular formula is C28H36FN5O. The highest BCUT2D eigenvalue weighted by atomic mass is 19.1. The number of carbonyl (C=O) groups is 1. The second kappa shape index (κ2) is 11.0. The number of amides is 1. The summed E-state index contributed by atoms with van der Waals surface area (Å²) in [4.78, 5) is 22.6. The number of benzene rings is 2. The molecule has 4 rings (SSSR count). The maximum Gasteiger partial charge on any atom is 0.240 e. The van der Waals surface area contributed by atoms with Gasteiger partial charge in [0.1, 0.15) is 23.2 Å². The number of aryl methyl sites for hydroxylation is 1. The summed E-state index contributed by atoms with van der Waals surface area (Å²) in [6.07, 6.45) is 2.05. The molecule has 186 valence electrons. The van der Waals surface area contributed by atoms with E-state index in [-0.39, 0.29) is 17.8 Å². The summed E-state index contributed by atoms with van der Waals surface area (Å²) in [6, 6.07) is 14.5. The standard InChI is InChI=1S/C28H36FN5O/c1-5-15-32(16-6-2)21(4)28(35)33-17-18-34-25(19-33)31-26(22-9-11-23(29)12-10-22)27(34)30-24-13-7-20(3)8-14-24/h7-14,21,30H,5-6,15-19H2,1-4H3/t21-/m0/s1. The highest BCUT2D eigenvalue weighted by Gasteiger charge is 2.31. The molecule has 1 N–H and O–H groups in total. The summed E-state index contributed by atoms with van der Waals surface area (Å²) >= 11 is 0. The number of nitrogens with one attached hydrogen (secondary N) is 1. The van der Waals surface area contributed by atoms with Gasteiger partial charge in [0.15, 0.2) is 0 Å². The molecular weight excluding hydrogens is 441 g/mol. The fourth-order valence-electron chi connectivity index (χ4n) is 4.72. The van der Waals surface area contributed by atoms with Gasteiger partial charge in [-0.15, -0.1) is 0 Å². The molecule has 1 aromatic heterocycles. The summed E-state index contributed by atoms with van der Waals surface area (Å²) in [5, 5.41) is 3.53. The largest absolute Gasteiger partial charge is 0.340 e. The van der Waals surface area contributed by atoms with Crippen LogP contribution in [0.5, 0.6) is 0 Å². The van der Waals surface area contributed by atoms with Gasteiger partial charge in [0.2, 0.25) is 5.91 Å². The van der Waals surface area contributed by atoms with E-state index in [9.17, 15) is 9.18 Å². The average molecular weight is 478 g/mol. The Morgan fingerprint density at radius 3 is 2.34 bits per heavy atom. The van der Waals surface area contributed by atoms with Crippen LogP contribution in [0.2, 0.25) is 0 Å². The van der Waals surface area contributed by atoms with Crippen LogP contribution in [0, 0.1) is 12.7 Å². The monoisotopic (exact) mass is 477 g/mol. The molecule has 1 aliphatic rings. The summed E-state index contributed by atoms with van der Waals surface area (Å²) in [5.41, 5.74) is 3.75. The summed E-state index contributed by atoms with van der Waals surface area (Å²) in [7, 11) is 0. The molecule has 3 aromatic rings. The maximum atomic E-state index is 13.6. The Balaban J connectivity index is 1.64. The Hall–Kier alpha value is -3.19. The Bertz CT molecular complexity index is 1130. The molecule has 0 aliphatic carbocycles. The highest BCUT2D eigenvalue weighted by Crippen LogP contribution is 2.33. The lowest BCUT2D eigenvalue weighted by Gasteiger charge is -2.34. The van der Waals surface area contributed by atoms with Gasteiger partial charge in [0.05, 0.1) is 12.6 Å². The minimum Gasteiger partial charge on any atom is -0.340 e. The van der Waals surface area contributed by atoms with Gasteiger partial charge in [-0.25, -0.2) is 9.37 Å². The van der Waals surface area contributed by atoms with Crippen molar-refractivity contribution < 1.29 is 9.18 Å². The van der Waals surface area contributed by atoms with Crippen molar-refractivity contribution in [3.8, 4) is 11.3 Å². The van der Waals surface area contributed by atoms with Gasteiger partial charge in [-0.1, -0.05) is 31.5 Å². The van der Waals surface area contributed by atoms with Crippen molar-refractivity contribution in [3.63, 3.8) is 0 Å². The Kier molecular flexibility index (Phi) is 7.86. The van der Waals surface area contributed by atoms with Crippen LogP contribution in [0.15, 0.2) is 48.5 Å². The fraction of sp³-hybridized carbons (Fsp3) is 0.429. The van der Waals surface area contributed by atoms with Gasteiger partial charge in [0, 0.05) is 24.3 Å². The van der Waals surface area contributed by atoms with E-state index in [1.807, 2.05) is 24.0 Å². The third kappa shape index (κ3) is 5.56. The zero-order chi connectivity index (χ0) is 24.9. The topological polar surface area (TPSA) is 53.4 Å². The molecule has 0 saturated carbocycles. The van der Waals surface area contributed by atoms with Crippen LogP contribution in [0.3, 0.4) is 0 Å². The Morgan fingerprint density at radius 2 is 1.71 bits per heavy atom.